The lowest BCUT2D eigenvalue weighted by atomic mass is 10.5. The molecule has 0 unspecified atom stereocenters. The van der Waals surface area contributed by atoms with Crippen LogP contribution in [0.25, 0.3) is 0 Å². The van der Waals surface area contributed by atoms with Crippen molar-refractivity contribution in [3.05, 3.63) is 9.88 Å². The molecule has 0 fully saturated rings. The van der Waals surface area contributed by atoms with Gasteiger partial charge < -0.3 is 9.84 Å². The summed E-state index contributed by atoms with van der Waals surface area (Å²) in [6.07, 6.45) is 0.663. The minimum absolute atomic E-state index is 0.169. The van der Waals surface area contributed by atoms with Crippen molar-refractivity contribution in [3.63, 3.8) is 0 Å². The summed E-state index contributed by atoms with van der Waals surface area (Å²) in [5.41, 5.74) is 0. The molecule has 0 radical (unpaired) electrons. The van der Waals surface area contributed by atoms with Gasteiger partial charge in [-0.15, -0.1) is 11.3 Å². The average Bonchev–Trinajstić information content (AvgIpc) is 2.31. The highest BCUT2D eigenvalue weighted by molar-refractivity contribution is 7.11. The van der Waals surface area contributed by atoms with Gasteiger partial charge in [0.1, 0.15) is 0 Å². The Kier molecular flexibility index (Phi) is 3.49. The van der Waals surface area contributed by atoms with E-state index < -0.39 is 0 Å². The first-order valence-electron chi connectivity index (χ1n) is 3.91. The van der Waals surface area contributed by atoms with Crippen LogP contribution >= 0.6 is 11.3 Å². The molecule has 1 aromatic heterocycles. The van der Waals surface area contributed by atoms with E-state index in [9.17, 15) is 0 Å². The zero-order valence-corrected chi connectivity index (χ0v) is 8.15. The Morgan fingerprint density at radius 2 is 2.25 bits per heavy atom. The molecule has 0 aromatic carbocycles. The van der Waals surface area contributed by atoms with Crippen molar-refractivity contribution in [2.45, 2.75) is 20.3 Å². The number of aryl methyl sites for hydroxylation is 2. The topological polar surface area (TPSA) is 42.4 Å². The summed E-state index contributed by atoms with van der Waals surface area (Å²) in [5.74, 6) is 0.714. The maximum Gasteiger partial charge on any atom is 0.227 e. The third-order valence-corrected chi connectivity index (χ3v) is 2.27. The fourth-order valence-corrected chi connectivity index (χ4v) is 1.64. The molecule has 0 spiro atoms. The largest absolute Gasteiger partial charge is 0.477 e. The van der Waals surface area contributed by atoms with Gasteiger partial charge in [-0.3, -0.25) is 0 Å². The molecule has 3 nitrogen and oxygen atoms in total. The number of aromatic nitrogens is 1. The number of thiazole rings is 1. The van der Waals surface area contributed by atoms with E-state index in [2.05, 4.69) is 4.98 Å². The summed E-state index contributed by atoms with van der Waals surface area (Å²) in [6, 6.07) is 0. The molecule has 0 atom stereocenters. The van der Waals surface area contributed by atoms with Gasteiger partial charge in [-0.05, 0) is 13.8 Å². The fraction of sp³-hybridized carbons (Fsp3) is 0.625. The molecule has 0 saturated carbocycles. The fourth-order valence-electron chi connectivity index (χ4n) is 0.877. The van der Waals surface area contributed by atoms with Gasteiger partial charge in [0.15, 0.2) is 0 Å². The first kappa shape index (κ1) is 9.48. The van der Waals surface area contributed by atoms with E-state index >= 15 is 0 Å². The Balaban J connectivity index is 2.45. The first-order chi connectivity index (χ1) is 5.74. The third-order valence-electron chi connectivity index (χ3n) is 1.40. The Hall–Kier alpha value is -0.610. The molecule has 1 aromatic rings. The summed E-state index contributed by atoms with van der Waals surface area (Å²) < 4.78 is 5.34. The van der Waals surface area contributed by atoms with Crippen LogP contribution in [0.15, 0.2) is 0 Å². The van der Waals surface area contributed by atoms with Crippen molar-refractivity contribution in [2.75, 3.05) is 13.2 Å². The van der Waals surface area contributed by atoms with Gasteiger partial charge in [-0.2, -0.15) is 0 Å². The van der Waals surface area contributed by atoms with Gasteiger partial charge in [-0.25, -0.2) is 4.98 Å². The van der Waals surface area contributed by atoms with Gasteiger partial charge in [0.05, 0.1) is 16.5 Å². The number of hydrogen-bond donors (Lipinski definition) is 1. The molecule has 12 heavy (non-hydrogen) atoms. The van der Waals surface area contributed by atoms with Crippen molar-refractivity contribution in [3.8, 4) is 5.88 Å². The molecule has 0 amide bonds. The molecular formula is C8H13NO2S. The van der Waals surface area contributed by atoms with Crippen LogP contribution in [0, 0.1) is 13.8 Å². The maximum atomic E-state index is 8.52. The van der Waals surface area contributed by atoms with Crippen molar-refractivity contribution in [1.29, 1.82) is 0 Å². The number of ether oxygens (including phenoxy) is 1. The van der Waals surface area contributed by atoms with E-state index in [0.29, 0.717) is 18.9 Å². The second-order valence-corrected chi connectivity index (χ2v) is 3.93. The first-order valence-corrected chi connectivity index (χ1v) is 4.73. The van der Waals surface area contributed by atoms with Crippen molar-refractivity contribution in [2.24, 2.45) is 0 Å². The average molecular weight is 187 g/mol. The van der Waals surface area contributed by atoms with Crippen LogP contribution < -0.4 is 4.74 Å². The normalized spacial score (nSPS) is 10.2. The summed E-state index contributed by atoms with van der Waals surface area (Å²) in [7, 11) is 0. The van der Waals surface area contributed by atoms with Crippen LogP contribution in [0.1, 0.15) is 16.3 Å². The lowest BCUT2D eigenvalue weighted by molar-refractivity contribution is 0.229. The molecule has 1 rings (SSSR count). The summed E-state index contributed by atoms with van der Waals surface area (Å²) >= 11 is 1.63. The van der Waals surface area contributed by atoms with E-state index in [-0.39, 0.29) is 6.61 Å². The minimum atomic E-state index is 0.169. The van der Waals surface area contributed by atoms with E-state index in [0.717, 1.165) is 9.88 Å². The van der Waals surface area contributed by atoms with Gasteiger partial charge in [0.2, 0.25) is 5.88 Å². The van der Waals surface area contributed by atoms with Crippen LogP contribution in [-0.2, 0) is 0 Å². The van der Waals surface area contributed by atoms with Crippen LogP contribution in [0.5, 0.6) is 5.88 Å². The van der Waals surface area contributed by atoms with Crippen molar-refractivity contribution in [1.82, 2.24) is 4.98 Å². The van der Waals surface area contributed by atoms with E-state index in [1.807, 2.05) is 13.8 Å². The van der Waals surface area contributed by atoms with Gasteiger partial charge in [0.25, 0.3) is 0 Å². The summed E-state index contributed by atoms with van der Waals surface area (Å²) in [5, 5.41) is 9.54. The summed E-state index contributed by atoms with van der Waals surface area (Å²) in [4.78, 5) is 5.30. The van der Waals surface area contributed by atoms with Crippen LogP contribution in [-0.4, -0.2) is 23.3 Å². The lowest BCUT2D eigenvalue weighted by Crippen LogP contribution is -2.00. The van der Waals surface area contributed by atoms with Crippen LogP contribution in [0.2, 0.25) is 0 Å². The smallest absolute Gasteiger partial charge is 0.227 e. The number of rotatable bonds is 4. The number of aliphatic hydroxyl groups is 1. The SMILES string of the molecule is Cc1nc(OCCCO)c(C)s1. The molecule has 1 heterocycles. The predicted octanol–water partition coefficient (Wildman–Crippen LogP) is 1.52. The zero-order chi connectivity index (χ0) is 8.97. The van der Waals surface area contributed by atoms with Gasteiger partial charge >= 0.3 is 0 Å². The molecule has 0 saturated heterocycles. The monoisotopic (exact) mass is 187 g/mol. The highest BCUT2D eigenvalue weighted by Crippen LogP contribution is 2.23. The second kappa shape index (κ2) is 4.42. The molecule has 0 bridgehead atoms. The van der Waals surface area contributed by atoms with Crippen molar-refractivity contribution < 1.29 is 9.84 Å². The Morgan fingerprint density at radius 3 is 2.75 bits per heavy atom. The number of nitrogens with zero attached hydrogens (tertiary/aromatic N) is 1. The predicted molar refractivity (Wildman–Crippen MR) is 48.8 cm³/mol. The minimum Gasteiger partial charge on any atom is -0.477 e. The molecule has 0 aliphatic rings. The number of aliphatic hydroxyl groups excluding tert-OH is 1. The van der Waals surface area contributed by atoms with Crippen LogP contribution in [0.3, 0.4) is 0 Å². The summed E-state index contributed by atoms with van der Waals surface area (Å²) in [6.45, 7) is 4.65. The highest BCUT2D eigenvalue weighted by atomic mass is 32.1. The lowest BCUT2D eigenvalue weighted by Gasteiger charge is -2.00. The molecule has 4 heteroatoms. The molecule has 0 aliphatic heterocycles. The van der Waals surface area contributed by atoms with Crippen LogP contribution in [0.4, 0.5) is 0 Å². The van der Waals surface area contributed by atoms with Gasteiger partial charge in [0, 0.05) is 13.0 Å². The van der Waals surface area contributed by atoms with Gasteiger partial charge in [-0.1, -0.05) is 0 Å². The Labute approximate surface area is 76.0 Å². The van der Waals surface area contributed by atoms with E-state index in [4.69, 9.17) is 9.84 Å². The van der Waals surface area contributed by atoms with E-state index in [1.165, 1.54) is 0 Å². The molecule has 1 N–H and O–H groups in total. The maximum absolute atomic E-state index is 8.52. The molecule has 68 valence electrons. The molecular weight excluding hydrogens is 174 g/mol. The highest BCUT2D eigenvalue weighted by Gasteiger charge is 2.04. The zero-order valence-electron chi connectivity index (χ0n) is 7.33. The Morgan fingerprint density at radius 1 is 1.50 bits per heavy atom. The number of hydrogen-bond acceptors (Lipinski definition) is 4. The molecule has 0 aliphatic carbocycles. The Bertz CT molecular complexity index is 247. The van der Waals surface area contributed by atoms with Crippen molar-refractivity contribution >= 4 is 11.3 Å². The van der Waals surface area contributed by atoms with E-state index in [1.54, 1.807) is 11.3 Å². The second-order valence-electron chi connectivity index (χ2n) is 2.52. The third kappa shape index (κ3) is 2.46. The quantitative estimate of drug-likeness (QED) is 0.727. The standard InChI is InChI=1S/C8H13NO2S/c1-6-8(9-7(2)12-6)11-5-3-4-10/h10H,3-5H2,1-2H3.